The Morgan fingerprint density at radius 2 is 1.65 bits per heavy atom. The summed E-state index contributed by atoms with van der Waals surface area (Å²) in [5, 5.41) is 0. The van der Waals surface area contributed by atoms with E-state index in [4.69, 9.17) is 9.92 Å². The van der Waals surface area contributed by atoms with Gasteiger partial charge in [0.15, 0.2) is 5.75 Å². The van der Waals surface area contributed by atoms with Gasteiger partial charge in [-0.2, -0.15) is 8.42 Å². The normalized spacial score (nSPS) is 11.1. The smallest absolute Gasteiger partial charge is 0.342 e. The molecule has 0 radical (unpaired) electrons. The van der Waals surface area contributed by atoms with E-state index < -0.39 is 26.7 Å². The Hall–Kier alpha value is -2.41. The molecule has 0 bridgehead atoms. The molecule has 2 aromatic rings. The predicted molar refractivity (Wildman–Crippen MR) is 69.2 cm³/mol. The second-order valence-electron chi connectivity index (χ2n) is 3.83. The zero-order valence-corrected chi connectivity index (χ0v) is 10.9. The largest absolute Gasteiger partial charge is 0.378 e. The molecule has 0 aliphatic rings. The molecule has 104 valence electrons. The van der Waals surface area contributed by atoms with Crippen molar-refractivity contribution in [3.8, 4) is 5.75 Å². The Morgan fingerprint density at radius 1 is 1.05 bits per heavy atom. The van der Waals surface area contributed by atoms with Crippen LogP contribution in [-0.2, 0) is 10.1 Å². The lowest BCUT2D eigenvalue weighted by Crippen LogP contribution is -2.17. The van der Waals surface area contributed by atoms with Crippen molar-refractivity contribution in [3.63, 3.8) is 0 Å². The third-order valence-electron chi connectivity index (χ3n) is 2.46. The summed E-state index contributed by atoms with van der Waals surface area (Å²) in [7, 11) is -4.38. The van der Waals surface area contributed by atoms with Crippen molar-refractivity contribution in [3.05, 3.63) is 59.9 Å². The van der Waals surface area contributed by atoms with Gasteiger partial charge in [0, 0.05) is 0 Å². The molecule has 0 atom stereocenters. The Kier molecular flexibility index (Phi) is 3.71. The average Bonchev–Trinajstić information content (AvgIpc) is 2.39. The maximum absolute atomic E-state index is 13.5. The molecular formula is C13H10FNO4S. The molecule has 0 aliphatic carbocycles. The van der Waals surface area contributed by atoms with E-state index in [0.717, 1.165) is 12.1 Å². The van der Waals surface area contributed by atoms with Gasteiger partial charge in [0.25, 0.3) is 5.91 Å². The predicted octanol–water partition coefficient (Wildman–Crippen LogP) is 1.69. The van der Waals surface area contributed by atoms with E-state index in [2.05, 4.69) is 0 Å². The third-order valence-corrected chi connectivity index (χ3v) is 3.73. The lowest BCUT2D eigenvalue weighted by atomic mass is 10.2. The number of rotatable bonds is 4. The van der Waals surface area contributed by atoms with Crippen molar-refractivity contribution < 1.29 is 21.8 Å². The van der Waals surface area contributed by atoms with Crippen LogP contribution in [0.15, 0.2) is 53.4 Å². The second kappa shape index (κ2) is 5.30. The van der Waals surface area contributed by atoms with Gasteiger partial charge in [-0.25, -0.2) is 4.39 Å². The van der Waals surface area contributed by atoms with Crippen molar-refractivity contribution in [2.45, 2.75) is 4.90 Å². The molecule has 7 heteroatoms. The van der Waals surface area contributed by atoms with Crippen molar-refractivity contribution in [1.29, 1.82) is 0 Å². The summed E-state index contributed by atoms with van der Waals surface area (Å²) in [6, 6.07) is 10.3. The van der Waals surface area contributed by atoms with Crippen LogP contribution in [0, 0.1) is 5.82 Å². The molecule has 1 amide bonds. The standard InChI is InChI=1S/C13H10FNO4S/c14-10-6-2-4-8-12(10)20(17,18)19-11-7-3-1-5-9(11)13(15)16/h1-8H,(H2,15,16). The molecule has 2 N–H and O–H groups in total. The molecule has 0 heterocycles. The van der Waals surface area contributed by atoms with Gasteiger partial charge in [-0.1, -0.05) is 24.3 Å². The van der Waals surface area contributed by atoms with Gasteiger partial charge in [0.2, 0.25) is 0 Å². The quantitative estimate of drug-likeness (QED) is 0.870. The van der Waals surface area contributed by atoms with Crippen LogP contribution in [0.4, 0.5) is 4.39 Å². The molecule has 0 unspecified atom stereocenters. The first-order valence-corrected chi connectivity index (χ1v) is 6.90. The van der Waals surface area contributed by atoms with Crippen LogP contribution in [-0.4, -0.2) is 14.3 Å². The summed E-state index contributed by atoms with van der Waals surface area (Å²) in [4.78, 5) is 10.6. The van der Waals surface area contributed by atoms with Crippen molar-refractivity contribution >= 4 is 16.0 Å². The van der Waals surface area contributed by atoms with E-state index in [1.165, 1.54) is 36.4 Å². The lowest BCUT2D eigenvalue weighted by molar-refractivity contribution is 0.0999. The summed E-state index contributed by atoms with van der Waals surface area (Å²) in [5.41, 5.74) is 5.01. The van der Waals surface area contributed by atoms with Crippen molar-refractivity contribution in [2.75, 3.05) is 0 Å². The van der Waals surface area contributed by atoms with Gasteiger partial charge in [-0.15, -0.1) is 0 Å². The fourth-order valence-electron chi connectivity index (χ4n) is 1.55. The Bertz CT molecular complexity index is 758. The van der Waals surface area contributed by atoms with Crippen LogP contribution in [0.1, 0.15) is 10.4 Å². The van der Waals surface area contributed by atoms with E-state index in [0.29, 0.717) is 0 Å². The molecular weight excluding hydrogens is 285 g/mol. The number of hydrogen-bond acceptors (Lipinski definition) is 4. The van der Waals surface area contributed by atoms with Gasteiger partial charge >= 0.3 is 10.1 Å². The maximum atomic E-state index is 13.5. The van der Waals surface area contributed by atoms with E-state index in [9.17, 15) is 17.6 Å². The number of nitrogens with two attached hydrogens (primary N) is 1. The molecule has 20 heavy (non-hydrogen) atoms. The summed E-state index contributed by atoms with van der Waals surface area (Å²) >= 11 is 0. The number of amides is 1. The SMILES string of the molecule is NC(=O)c1ccccc1OS(=O)(=O)c1ccccc1F. The molecule has 0 aliphatic heterocycles. The fraction of sp³-hybridized carbons (Fsp3) is 0. The number of halogens is 1. The van der Waals surface area contributed by atoms with Gasteiger partial charge in [-0.3, -0.25) is 4.79 Å². The number of hydrogen-bond donors (Lipinski definition) is 1. The van der Waals surface area contributed by atoms with Crippen LogP contribution in [0.25, 0.3) is 0 Å². The molecule has 0 fully saturated rings. The molecule has 2 aromatic carbocycles. The van der Waals surface area contributed by atoms with Crippen molar-refractivity contribution in [1.82, 2.24) is 0 Å². The highest BCUT2D eigenvalue weighted by atomic mass is 32.2. The summed E-state index contributed by atoms with van der Waals surface area (Å²) in [5.74, 6) is -2.03. The second-order valence-corrected chi connectivity index (χ2v) is 5.34. The van der Waals surface area contributed by atoms with E-state index in [1.54, 1.807) is 0 Å². The van der Waals surface area contributed by atoms with Gasteiger partial charge in [0.1, 0.15) is 10.7 Å². The number of para-hydroxylation sites is 1. The lowest BCUT2D eigenvalue weighted by Gasteiger charge is -2.09. The Labute approximate surface area is 114 Å². The molecule has 0 saturated carbocycles. The van der Waals surface area contributed by atoms with Gasteiger partial charge < -0.3 is 9.92 Å². The monoisotopic (exact) mass is 295 g/mol. The Morgan fingerprint density at radius 3 is 2.30 bits per heavy atom. The zero-order chi connectivity index (χ0) is 14.8. The highest BCUT2D eigenvalue weighted by molar-refractivity contribution is 7.87. The van der Waals surface area contributed by atoms with Crippen LogP contribution >= 0.6 is 0 Å². The highest BCUT2D eigenvalue weighted by Crippen LogP contribution is 2.23. The number of carbonyl (C=O) groups is 1. The molecule has 0 spiro atoms. The van der Waals surface area contributed by atoms with Gasteiger partial charge in [0.05, 0.1) is 5.56 Å². The summed E-state index contributed by atoms with van der Waals surface area (Å²) < 4.78 is 42.3. The topological polar surface area (TPSA) is 86.5 Å². The van der Waals surface area contributed by atoms with Crippen LogP contribution in [0.2, 0.25) is 0 Å². The average molecular weight is 295 g/mol. The summed E-state index contributed by atoms with van der Waals surface area (Å²) in [6.07, 6.45) is 0. The van der Waals surface area contributed by atoms with Crippen LogP contribution in [0.3, 0.4) is 0 Å². The van der Waals surface area contributed by atoms with E-state index >= 15 is 0 Å². The van der Waals surface area contributed by atoms with Crippen LogP contribution in [0.5, 0.6) is 5.75 Å². The first-order chi connectivity index (χ1) is 9.42. The number of primary amides is 1. The van der Waals surface area contributed by atoms with Gasteiger partial charge in [-0.05, 0) is 24.3 Å². The van der Waals surface area contributed by atoms with Crippen molar-refractivity contribution in [2.24, 2.45) is 5.73 Å². The van der Waals surface area contributed by atoms with E-state index in [1.807, 2.05) is 0 Å². The molecule has 0 saturated heterocycles. The third kappa shape index (κ3) is 2.77. The highest BCUT2D eigenvalue weighted by Gasteiger charge is 2.23. The number of benzene rings is 2. The summed E-state index contributed by atoms with van der Waals surface area (Å²) in [6.45, 7) is 0. The minimum atomic E-state index is -4.38. The fourth-order valence-corrected chi connectivity index (χ4v) is 2.58. The van der Waals surface area contributed by atoms with E-state index in [-0.39, 0.29) is 11.3 Å². The first-order valence-electron chi connectivity index (χ1n) is 5.49. The minimum absolute atomic E-state index is 0.104. The minimum Gasteiger partial charge on any atom is -0.378 e. The van der Waals surface area contributed by atoms with Crippen LogP contribution < -0.4 is 9.92 Å². The first kappa shape index (κ1) is 14.0. The number of carbonyl (C=O) groups excluding carboxylic acids is 1. The maximum Gasteiger partial charge on any atom is 0.342 e. The molecule has 2 rings (SSSR count). The molecule has 0 aromatic heterocycles. The zero-order valence-electron chi connectivity index (χ0n) is 10.1. The Balaban J connectivity index is 2.45. The molecule has 5 nitrogen and oxygen atoms in total.